The van der Waals surface area contributed by atoms with E-state index in [0.717, 1.165) is 18.4 Å². The van der Waals surface area contributed by atoms with E-state index in [0.29, 0.717) is 22.5 Å². The molecule has 148 valence electrons. The van der Waals surface area contributed by atoms with Gasteiger partial charge >= 0.3 is 0 Å². The lowest BCUT2D eigenvalue weighted by atomic mass is 10.1. The molecular formula is C24H29NO3. The summed E-state index contributed by atoms with van der Waals surface area (Å²) in [5, 5.41) is 0.542. The molecule has 0 radical (unpaired) electrons. The lowest BCUT2D eigenvalue weighted by molar-refractivity contribution is 0.0546. The van der Waals surface area contributed by atoms with Crippen LogP contribution in [0.4, 0.5) is 0 Å². The smallest absolute Gasteiger partial charge is 0.193 e. The zero-order valence-corrected chi connectivity index (χ0v) is 17.0. The van der Waals surface area contributed by atoms with Gasteiger partial charge < -0.3 is 9.15 Å². The first-order valence-corrected chi connectivity index (χ1v) is 10.0. The van der Waals surface area contributed by atoms with Gasteiger partial charge in [-0.1, -0.05) is 56.5 Å². The van der Waals surface area contributed by atoms with E-state index in [-0.39, 0.29) is 11.7 Å². The third kappa shape index (κ3) is 5.02. The molecule has 0 N–H and O–H groups in total. The molecule has 2 aromatic carbocycles. The van der Waals surface area contributed by atoms with Gasteiger partial charge in [-0.15, -0.1) is 0 Å². The van der Waals surface area contributed by atoms with Gasteiger partial charge in [0.2, 0.25) is 0 Å². The van der Waals surface area contributed by atoms with Gasteiger partial charge in [-0.25, -0.2) is 0 Å². The summed E-state index contributed by atoms with van der Waals surface area (Å²) in [6.07, 6.45) is 5.78. The van der Waals surface area contributed by atoms with Crippen molar-refractivity contribution in [2.45, 2.75) is 45.3 Å². The van der Waals surface area contributed by atoms with Gasteiger partial charge in [-0.05, 0) is 45.1 Å². The van der Waals surface area contributed by atoms with Crippen LogP contribution in [0.1, 0.15) is 39.0 Å². The molecule has 28 heavy (non-hydrogen) atoms. The summed E-state index contributed by atoms with van der Waals surface area (Å²) >= 11 is 0. The van der Waals surface area contributed by atoms with Crippen molar-refractivity contribution in [1.82, 2.24) is 4.90 Å². The average molecular weight is 380 g/mol. The van der Waals surface area contributed by atoms with E-state index in [4.69, 9.17) is 9.15 Å². The molecule has 0 saturated heterocycles. The van der Waals surface area contributed by atoms with E-state index in [1.54, 1.807) is 12.1 Å². The summed E-state index contributed by atoms with van der Waals surface area (Å²) in [4.78, 5) is 14.7. The maximum absolute atomic E-state index is 12.7. The summed E-state index contributed by atoms with van der Waals surface area (Å²) in [5.74, 6) is 1.27. The molecule has 1 aromatic heterocycles. The summed E-state index contributed by atoms with van der Waals surface area (Å²) in [6.45, 7) is 2.21. The van der Waals surface area contributed by atoms with Gasteiger partial charge in [0.15, 0.2) is 11.7 Å². The van der Waals surface area contributed by atoms with Gasteiger partial charge in [0.25, 0.3) is 0 Å². The van der Waals surface area contributed by atoms with E-state index in [1.807, 2.05) is 56.6 Å². The van der Waals surface area contributed by atoms with Crippen LogP contribution in [0.5, 0.6) is 5.75 Å². The average Bonchev–Trinajstić information content (AvgIpc) is 2.71. The molecular weight excluding hydrogens is 350 g/mol. The number of unbranched alkanes of at least 4 members (excludes halogenated alkanes) is 3. The largest absolute Gasteiger partial charge is 0.475 e. The number of ether oxygens (including phenoxy) is 1. The zero-order valence-electron chi connectivity index (χ0n) is 17.0. The fraction of sp³-hybridized carbons (Fsp3) is 0.375. The number of hydrogen-bond acceptors (Lipinski definition) is 4. The summed E-state index contributed by atoms with van der Waals surface area (Å²) in [7, 11) is 4.04. The van der Waals surface area contributed by atoms with E-state index >= 15 is 0 Å². The number of fused-ring (bicyclic) bond motifs is 1. The molecule has 3 aromatic rings. The maximum atomic E-state index is 12.7. The lowest BCUT2D eigenvalue weighted by Gasteiger charge is -2.25. The third-order valence-electron chi connectivity index (χ3n) is 4.91. The van der Waals surface area contributed by atoms with Crippen LogP contribution in [0, 0.1) is 0 Å². The molecule has 1 atom stereocenters. The van der Waals surface area contributed by atoms with Crippen LogP contribution in [0.15, 0.2) is 63.8 Å². The molecule has 0 bridgehead atoms. The fourth-order valence-electron chi connectivity index (χ4n) is 3.28. The molecule has 4 heteroatoms. The van der Waals surface area contributed by atoms with Gasteiger partial charge in [0.1, 0.15) is 17.1 Å². The summed E-state index contributed by atoms with van der Waals surface area (Å²) < 4.78 is 12.1. The first-order valence-electron chi connectivity index (χ1n) is 10.0. The zero-order chi connectivity index (χ0) is 19.9. The second-order valence-electron chi connectivity index (χ2n) is 7.38. The Morgan fingerprint density at radius 2 is 1.79 bits per heavy atom. The number of nitrogens with zero attached hydrogens (tertiary/aromatic N) is 1. The van der Waals surface area contributed by atoms with Gasteiger partial charge in [0, 0.05) is 11.6 Å². The standard InChI is InChI=1S/C24H29NO3/c1-4-5-6-10-13-24(25(2)3)27-19-14-15-22-20(16-19)21(26)17-23(28-22)18-11-8-7-9-12-18/h7-9,11-12,14-17,24H,4-6,10,13H2,1-3H3. The van der Waals surface area contributed by atoms with Crippen LogP contribution in [-0.4, -0.2) is 25.2 Å². The van der Waals surface area contributed by atoms with Crippen molar-refractivity contribution < 1.29 is 9.15 Å². The minimum absolute atomic E-state index is 0.00932. The van der Waals surface area contributed by atoms with E-state index in [9.17, 15) is 4.79 Å². The van der Waals surface area contributed by atoms with Gasteiger partial charge in [-0.3, -0.25) is 9.69 Å². The summed E-state index contributed by atoms with van der Waals surface area (Å²) in [6, 6.07) is 16.7. The van der Waals surface area contributed by atoms with Crippen LogP contribution in [-0.2, 0) is 0 Å². The molecule has 0 spiro atoms. The number of hydrogen-bond donors (Lipinski definition) is 0. The molecule has 1 unspecified atom stereocenters. The SMILES string of the molecule is CCCCCCC(Oc1ccc2oc(-c3ccccc3)cc(=O)c2c1)N(C)C. The Morgan fingerprint density at radius 1 is 1.00 bits per heavy atom. The van der Waals surface area contributed by atoms with Crippen LogP contribution in [0.25, 0.3) is 22.3 Å². The highest BCUT2D eigenvalue weighted by molar-refractivity contribution is 5.80. The second kappa shape index (κ2) is 9.56. The Labute approximate surface area is 166 Å². The van der Waals surface area contributed by atoms with Crippen molar-refractivity contribution in [2.24, 2.45) is 0 Å². The Hall–Kier alpha value is -2.59. The highest BCUT2D eigenvalue weighted by atomic mass is 16.5. The molecule has 0 amide bonds. The number of rotatable bonds is 9. The predicted octanol–water partition coefficient (Wildman–Crippen LogP) is 5.70. The van der Waals surface area contributed by atoms with Gasteiger partial charge in [0.05, 0.1) is 5.39 Å². The van der Waals surface area contributed by atoms with E-state index in [1.165, 1.54) is 19.3 Å². The topological polar surface area (TPSA) is 42.7 Å². The van der Waals surface area contributed by atoms with Gasteiger partial charge in [-0.2, -0.15) is 0 Å². The monoisotopic (exact) mass is 379 g/mol. The quantitative estimate of drug-likeness (QED) is 0.353. The molecule has 1 heterocycles. The minimum Gasteiger partial charge on any atom is -0.475 e. The predicted molar refractivity (Wildman–Crippen MR) is 115 cm³/mol. The minimum atomic E-state index is -0.0603. The normalized spacial score (nSPS) is 12.4. The Kier molecular flexibility index (Phi) is 6.88. The van der Waals surface area contributed by atoms with E-state index < -0.39 is 0 Å². The molecule has 4 nitrogen and oxygen atoms in total. The lowest BCUT2D eigenvalue weighted by Crippen LogP contribution is -2.33. The fourth-order valence-corrected chi connectivity index (χ4v) is 3.28. The Bertz CT molecular complexity index is 947. The van der Waals surface area contributed by atoms with Crippen molar-refractivity contribution in [2.75, 3.05) is 14.1 Å². The first-order chi connectivity index (χ1) is 13.6. The molecule has 0 saturated carbocycles. The van der Waals surface area contributed by atoms with E-state index in [2.05, 4.69) is 11.8 Å². The molecule has 3 rings (SSSR count). The third-order valence-corrected chi connectivity index (χ3v) is 4.91. The van der Waals surface area contributed by atoms with Crippen molar-refractivity contribution in [3.63, 3.8) is 0 Å². The van der Waals surface area contributed by atoms with Crippen LogP contribution >= 0.6 is 0 Å². The van der Waals surface area contributed by atoms with Crippen molar-refractivity contribution in [1.29, 1.82) is 0 Å². The van der Waals surface area contributed by atoms with Crippen LogP contribution < -0.4 is 10.2 Å². The highest BCUT2D eigenvalue weighted by Gasteiger charge is 2.14. The van der Waals surface area contributed by atoms with Crippen molar-refractivity contribution >= 4 is 11.0 Å². The van der Waals surface area contributed by atoms with Crippen molar-refractivity contribution in [3.8, 4) is 17.1 Å². The van der Waals surface area contributed by atoms with Crippen LogP contribution in [0.3, 0.4) is 0 Å². The first kappa shape index (κ1) is 20.2. The Balaban J connectivity index is 1.81. The number of benzene rings is 2. The molecule has 0 aliphatic rings. The molecule has 0 fully saturated rings. The highest BCUT2D eigenvalue weighted by Crippen LogP contribution is 2.25. The Morgan fingerprint density at radius 3 is 2.50 bits per heavy atom. The molecule has 0 aliphatic carbocycles. The van der Waals surface area contributed by atoms with Crippen molar-refractivity contribution in [3.05, 3.63) is 64.8 Å². The maximum Gasteiger partial charge on any atom is 0.193 e. The molecule has 0 aliphatic heterocycles. The second-order valence-corrected chi connectivity index (χ2v) is 7.38. The van der Waals surface area contributed by atoms with Crippen LogP contribution in [0.2, 0.25) is 0 Å². The summed E-state index contributed by atoms with van der Waals surface area (Å²) in [5.41, 5.74) is 1.40.